The molecule has 0 saturated heterocycles. The Bertz CT molecular complexity index is 4750. The minimum atomic E-state index is -4.68. The Kier molecular flexibility index (Phi) is 12.4. The molecule has 13 rings (SSSR count). The van der Waals surface area contributed by atoms with Crippen molar-refractivity contribution in [3.05, 3.63) is 202 Å². The summed E-state index contributed by atoms with van der Waals surface area (Å²) in [7, 11) is 0. The van der Waals surface area contributed by atoms with Gasteiger partial charge in [0.15, 0.2) is 34.7 Å². The molecule has 0 saturated carbocycles. The molecular weight excluding hydrogens is 1060 g/mol. The van der Waals surface area contributed by atoms with E-state index in [1.807, 2.05) is 146 Å². The lowest BCUT2D eigenvalue weighted by Crippen LogP contribution is -2.04. The van der Waals surface area contributed by atoms with Gasteiger partial charge in [0.1, 0.15) is 46.6 Å². The fraction of sp³-hybridized carbons (Fsp3) is 0.138. The lowest BCUT2D eigenvalue weighted by atomic mass is 9.95. The molecule has 7 aromatic carbocycles. The van der Waals surface area contributed by atoms with E-state index in [-0.39, 0.29) is 5.69 Å². The van der Waals surface area contributed by atoms with E-state index in [0.717, 1.165) is 78.0 Å². The van der Waals surface area contributed by atoms with Crippen molar-refractivity contribution in [2.75, 3.05) is 0 Å². The van der Waals surface area contributed by atoms with Crippen molar-refractivity contribution >= 4 is 55.0 Å². The SMILES string of the molecule is [C-]#[N+]c1ccc(-c2ccc(-c3ccc(C(F)(F)F)cc3[N+]#[C-])cc2-n2c3ccc(-c4nc(C)nc(C)n4)cc3c3cc(-c4nc(C)nc(C)n4)ccc32)c(-n2c3ccc(-c4nc(C)nc(C)n4)cc3c3cc(-c4nc(C)nc(C)n4)ccc32)c1. The number of nitrogens with zero attached hydrogens (tertiary/aromatic N) is 16. The van der Waals surface area contributed by atoms with Crippen LogP contribution in [0.15, 0.2) is 127 Å². The fourth-order valence-corrected chi connectivity index (χ4v) is 11.3. The molecule has 6 heterocycles. The van der Waals surface area contributed by atoms with Crippen molar-refractivity contribution in [3.63, 3.8) is 0 Å². The number of hydrogen-bond donors (Lipinski definition) is 0. The molecule has 13 aromatic rings. The van der Waals surface area contributed by atoms with Crippen molar-refractivity contribution < 1.29 is 13.2 Å². The fourth-order valence-electron chi connectivity index (χ4n) is 11.3. The molecule has 0 unspecified atom stereocenters. The van der Waals surface area contributed by atoms with Crippen LogP contribution >= 0.6 is 0 Å². The molecule has 16 nitrogen and oxygen atoms in total. The molecule has 0 fully saturated rings. The molecule has 0 radical (unpaired) electrons. The summed E-state index contributed by atoms with van der Waals surface area (Å²) >= 11 is 0. The topological polar surface area (TPSA) is 173 Å². The first-order chi connectivity index (χ1) is 40.4. The number of halogens is 3. The highest BCUT2D eigenvalue weighted by Crippen LogP contribution is 2.46. The molecule has 0 atom stereocenters. The van der Waals surface area contributed by atoms with Crippen LogP contribution < -0.4 is 0 Å². The van der Waals surface area contributed by atoms with Crippen LogP contribution in [0, 0.1) is 68.5 Å². The van der Waals surface area contributed by atoms with E-state index in [2.05, 4.69) is 50.9 Å². The average molecular weight is 1110 g/mol. The monoisotopic (exact) mass is 1110 g/mol. The molecular formula is C65H45F3N16. The molecule has 406 valence electrons. The highest BCUT2D eigenvalue weighted by atomic mass is 19.4. The zero-order chi connectivity index (χ0) is 58.5. The molecule has 0 aliphatic rings. The first kappa shape index (κ1) is 52.3. The molecule has 0 amide bonds. The van der Waals surface area contributed by atoms with E-state index in [9.17, 15) is 13.2 Å². The number of rotatable bonds is 8. The van der Waals surface area contributed by atoms with E-state index >= 15 is 0 Å². The van der Waals surface area contributed by atoms with Crippen LogP contribution in [0.4, 0.5) is 24.5 Å². The van der Waals surface area contributed by atoms with Crippen molar-refractivity contribution in [2.24, 2.45) is 0 Å². The molecule has 0 aliphatic heterocycles. The number of fused-ring (bicyclic) bond motifs is 6. The zero-order valence-electron chi connectivity index (χ0n) is 46.4. The van der Waals surface area contributed by atoms with Gasteiger partial charge in [0.2, 0.25) is 0 Å². The molecule has 0 bridgehead atoms. The van der Waals surface area contributed by atoms with Crippen LogP contribution in [-0.4, -0.2) is 68.9 Å². The number of hydrogen-bond acceptors (Lipinski definition) is 12. The summed E-state index contributed by atoms with van der Waals surface area (Å²) in [6, 6.07) is 38.6. The van der Waals surface area contributed by atoms with E-state index < -0.39 is 11.7 Å². The maximum Gasteiger partial charge on any atom is 0.415 e. The van der Waals surface area contributed by atoms with Gasteiger partial charge in [0.05, 0.1) is 40.9 Å². The Labute approximate surface area is 478 Å². The summed E-state index contributed by atoms with van der Waals surface area (Å²) in [4.78, 5) is 63.2. The van der Waals surface area contributed by atoms with Gasteiger partial charge in [-0.1, -0.05) is 36.4 Å². The van der Waals surface area contributed by atoms with Gasteiger partial charge in [-0.2, -0.15) is 13.2 Å². The van der Waals surface area contributed by atoms with Crippen LogP contribution in [0.1, 0.15) is 52.2 Å². The Morgan fingerprint density at radius 2 is 0.655 bits per heavy atom. The van der Waals surface area contributed by atoms with Gasteiger partial charge in [-0.25, -0.2) is 69.5 Å². The third-order valence-corrected chi connectivity index (χ3v) is 14.6. The second-order valence-corrected chi connectivity index (χ2v) is 20.5. The molecule has 0 aliphatic carbocycles. The van der Waals surface area contributed by atoms with E-state index in [0.29, 0.717) is 109 Å². The van der Waals surface area contributed by atoms with E-state index in [1.54, 1.807) is 6.07 Å². The summed E-state index contributed by atoms with van der Waals surface area (Å²) < 4.78 is 47.1. The summed E-state index contributed by atoms with van der Waals surface area (Å²) in [5, 5.41) is 3.35. The summed E-state index contributed by atoms with van der Waals surface area (Å²) in [6.45, 7) is 31.2. The molecule has 84 heavy (non-hydrogen) atoms. The van der Waals surface area contributed by atoms with Crippen LogP contribution in [0.2, 0.25) is 0 Å². The maximum absolute atomic E-state index is 14.3. The Morgan fingerprint density at radius 3 is 0.988 bits per heavy atom. The predicted molar refractivity (Wildman–Crippen MR) is 317 cm³/mol. The zero-order valence-corrected chi connectivity index (χ0v) is 46.4. The Hall–Kier alpha value is -11.1. The third-order valence-electron chi connectivity index (χ3n) is 14.6. The minimum absolute atomic E-state index is 0.165. The molecule has 19 heteroatoms. The lowest BCUT2D eigenvalue weighted by molar-refractivity contribution is -0.137. The van der Waals surface area contributed by atoms with Gasteiger partial charge in [0, 0.05) is 66.2 Å². The predicted octanol–water partition coefficient (Wildman–Crippen LogP) is 15.2. The van der Waals surface area contributed by atoms with Crippen molar-refractivity contribution in [1.29, 1.82) is 0 Å². The summed E-state index contributed by atoms with van der Waals surface area (Å²) in [5.74, 6) is 6.61. The molecule has 0 N–H and O–H groups in total. The summed E-state index contributed by atoms with van der Waals surface area (Å²) in [5.41, 5.74) is 8.88. The van der Waals surface area contributed by atoms with Crippen molar-refractivity contribution in [1.82, 2.24) is 68.9 Å². The quantitative estimate of drug-likeness (QED) is 0.132. The smallest absolute Gasteiger partial charge is 0.310 e. The Balaban J connectivity index is 1.13. The number of alkyl halides is 3. The van der Waals surface area contributed by atoms with Gasteiger partial charge in [-0.3, -0.25) is 0 Å². The first-order valence-electron chi connectivity index (χ1n) is 26.6. The molecule has 6 aromatic heterocycles. The van der Waals surface area contributed by atoms with Gasteiger partial charge < -0.3 is 9.13 Å². The van der Waals surface area contributed by atoms with Gasteiger partial charge in [-0.15, -0.1) is 0 Å². The highest BCUT2D eigenvalue weighted by Gasteiger charge is 2.31. The van der Waals surface area contributed by atoms with Crippen LogP contribution in [0.3, 0.4) is 0 Å². The van der Waals surface area contributed by atoms with Gasteiger partial charge in [-0.05, 0) is 158 Å². The number of aryl methyl sites for hydroxylation is 8. The van der Waals surface area contributed by atoms with Crippen molar-refractivity contribution in [2.45, 2.75) is 61.6 Å². The highest BCUT2D eigenvalue weighted by molar-refractivity contribution is 6.14. The maximum atomic E-state index is 14.3. The average Bonchev–Trinajstić information content (AvgIpc) is 2.14. The van der Waals surface area contributed by atoms with Crippen LogP contribution in [-0.2, 0) is 6.18 Å². The lowest BCUT2D eigenvalue weighted by Gasteiger charge is -2.20. The second kappa shape index (κ2) is 19.9. The van der Waals surface area contributed by atoms with Crippen LogP contribution in [0.5, 0.6) is 0 Å². The summed E-state index contributed by atoms with van der Waals surface area (Å²) in [6.07, 6.45) is -4.68. The van der Waals surface area contributed by atoms with Crippen LogP contribution in [0.25, 0.3) is 132 Å². The number of aromatic nitrogens is 14. The normalized spacial score (nSPS) is 11.7. The van der Waals surface area contributed by atoms with E-state index in [4.69, 9.17) is 53.0 Å². The second-order valence-electron chi connectivity index (χ2n) is 20.5. The van der Waals surface area contributed by atoms with Gasteiger partial charge in [0.25, 0.3) is 0 Å². The van der Waals surface area contributed by atoms with E-state index in [1.165, 1.54) is 6.07 Å². The van der Waals surface area contributed by atoms with Crippen molar-refractivity contribution in [3.8, 4) is 79.2 Å². The Morgan fingerprint density at radius 1 is 0.333 bits per heavy atom. The number of benzene rings is 7. The van der Waals surface area contributed by atoms with Gasteiger partial charge >= 0.3 is 6.18 Å². The third kappa shape index (κ3) is 9.23. The standard InChI is InChI=1S/C65H45F3N16/c1-32-71-33(2)76-61(75-32)41-12-21-55-50(25-41)51-26-42(62-77-34(3)72-35(4)78-62)13-22-56(51)83(55)59-29-40(47-19-16-45(65(66,67)68)30-54(47)70-10)11-18-48(59)49-20-17-46(69-9)31-60(49)84-57-23-14-43(63-79-36(5)73-37(6)80-63)27-52(57)53-28-44(15-24-58(53)84)64-81-38(7)74-39(8)82-64/h11-31H,1-8H3. The largest absolute Gasteiger partial charge is 0.415 e. The molecule has 0 spiro atoms. The minimum Gasteiger partial charge on any atom is -0.310 e. The first-order valence-corrected chi connectivity index (χ1v) is 26.6.